The minimum absolute atomic E-state index is 0.0286. The van der Waals surface area contributed by atoms with Gasteiger partial charge in [0.1, 0.15) is 6.10 Å². The van der Waals surface area contributed by atoms with Crippen LogP contribution in [0.1, 0.15) is 167 Å². The second kappa shape index (κ2) is 27.7. The van der Waals surface area contributed by atoms with Gasteiger partial charge in [0.15, 0.2) is 6.29 Å². The van der Waals surface area contributed by atoms with Gasteiger partial charge in [0.2, 0.25) is 17.7 Å². The molecule has 3 amide bonds. The number of ether oxygens (including phenoxy) is 5. The van der Waals surface area contributed by atoms with E-state index in [1.165, 1.54) is 62.5 Å². The van der Waals surface area contributed by atoms with Crippen LogP contribution in [0, 0.1) is 17.8 Å². The predicted octanol–water partition coefficient (Wildman–Crippen LogP) is 9.48. The van der Waals surface area contributed by atoms with Crippen molar-refractivity contribution >= 4 is 17.7 Å². The quantitative estimate of drug-likeness (QED) is 0.112. The lowest BCUT2D eigenvalue weighted by atomic mass is 9.89. The van der Waals surface area contributed by atoms with E-state index in [1.54, 1.807) is 26.2 Å². The summed E-state index contributed by atoms with van der Waals surface area (Å²) in [6.07, 6.45) is 13.6. The Morgan fingerprint density at radius 3 is 2.13 bits per heavy atom. The molecule has 2 aliphatic heterocycles. The van der Waals surface area contributed by atoms with Gasteiger partial charge in [0.25, 0.3) is 0 Å². The number of nitrogens with two attached hydrogens (primary N) is 1. The zero-order valence-electron chi connectivity index (χ0n) is 42.7. The Balaban J connectivity index is 1.17. The van der Waals surface area contributed by atoms with Gasteiger partial charge in [0.05, 0.1) is 68.0 Å². The van der Waals surface area contributed by atoms with E-state index >= 15 is 0 Å². The van der Waals surface area contributed by atoms with Gasteiger partial charge in [0, 0.05) is 27.8 Å². The summed E-state index contributed by atoms with van der Waals surface area (Å²) in [5, 5.41) is 3.27. The summed E-state index contributed by atoms with van der Waals surface area (Å²) >= 11 is 0. The van der Waals surface area contributed by atoms with E-state index in [1.807, 2.05) is 62.9 Å². The normalized spacial score (nSPS) is 23.4. The number of likely N-dealkylation sites (N-methyl/N-ethyl adjacent to an activating group) is 1. The third kappa shape index (κ3) is 15.6. The maximum Gasteiger partial charge on any atom is 0.239 e. The summed E-state index contributed by atoms with van der Waals surface area (Å²) in [6, 6.07) is 17.3. The Morgan fingerprint density at radius 1 is 0.836 bits per heavy atom. The van der Waals surface area contributed by atoms with Crippen LogP contribution in [0.4, 0.5) is 0 Å². The maximum atomic E-state index is 14.3. The van der Waals surface area contributed by atoms with E-state index in [9.17, 15) is 14.4 Å². The van der Waals surface area contributed by atoms with Crippen molar-refractivity contribution in [2.24, 2.45) is 23.5 Å². The van der Waals surface area contributed by atoms with Crippen molar-refractivity contribution in [1.82, 2.24) is 15.1 Å². The predicted molar refractivity (Wildman–Crippen MR) is 265 cm³/mol. The fourth-order valence-corrected chi connectivity index (χ4v) is 10.8. The molecule has 12 nitrogen and oxygen atoms in total. The number of likely N-dealkylation sites (tertiary alicyclic amines) is 1. The van der Waals surface area contributed by atoms with Gasteiger partial charge in [-0.05, 0) is 86.3 Å². The lowest BCUT2D eigenvalue weighted by Gasteiger charge is -2.40. The number of benzene rings is 2. The van der Waals surface area contributed by atoms with E-state index in [2.05, 4.69) is 43.4 Å². The van der Waals surface area contributed by atoms with Crippen molar-refractivity contribution in [2.75, 3.05) is 34.4 Å². The summed E-state index contributed by atoms with van der Waals surface area (Å²) < 4.78 is 31.6. The van der Waals surface area contributed by atoms with Crippen LogP contribution in [-0.2, 0) is 44.7 Å². The first-order valence-electron chi connectivity index (χ1n) is 26.0. The van der Waals surface area contributed by atoms with Crippen molar-refractivity contribution in [3.05, 3.63) is 71.3 Å². The van der Waals surface area contributed by atoms with E-state index in [0.29, 0.717) is 32.1 Å². The van der Waals surface area contributed by atoms with Crippen molar-refractivity contribution in [3.8, 4) is 0 Å². The van der Waals surface area contributed by atoms with Crippen LogP contribution in [0.2, 0.25) is 0 Å². The second-order valence-corrected chi connectivity index (χ2v) is 20.4. The molecule has 5 rings (SSSR count). The zero-order valence-corrected chi connectivity index (χ0v) is 42.7. The fourth-order valence-electron chi connectivity index (χ4n) is 10.8. The molecular weight excluding hydrogens is 845 g/mol. The third-order valence-electron chi connectivity index (χ3n) is 15.2. The number of amides is 3. The molecule has 1 saturated carbocycles. The van der Waals surface area contributed by atoms with Gasteiger partial charge in [-0.3, -0.25) is 14.4 Å². The van der Waals surface area contributed by atoms with Crippen LogP contribution in [0.15, 0.2) is 54.6 Å². The lowest BCUT2D eigenvalue weighted by Crippen LogP contribution is -2.56. The van der Waals surface area contributed by atoms with Crippen LogP contribution in [-0.4, -0.2) is 111 Å². The molecular formula is C55H88N4O8. The minimum atomic E-state index is -0.651. The number of hydrogen-bond donors (Lipinski definition) is 2. The number of rotatable bonds is 23. The van der Waals surface area contributed by atoms with E-state index in [-0.39, 0.29) is 54.2 Å². The number of nitrogens with zero attached hydrogens (tertiary/aromatic N) is 2. The number of nitrogens with one attached hydrogen (secondary N) is 1. The Bertz CT molecular complexity index is 1750. The third-order valence-corrected chi connectivity index (χ3v) is 15.2. The highest BCUT2D eigenvalue weighted by Gasteiger charge is 2.43. The molecule has 2 aromatic carbocycles. The molecule has 2 saturated heterocycles. The molecule has 2 heterocycles. The van der Waals surface area contributed by atoms with Crippen LogP contribution in [0.3, 0.4) is 0 Å². The summed E-state index contributed by atoms with van der Waals surface area (Å²) in [5.74, 6) is -0.309. The van der Waals surface area contributed by atoms with Crippen LogP contribution < -0.4 is 11.1 Å². The zero-order chi connectivity index (χ0) is 48.5. The molecule has 0 radical (unpaired) electrons. The first-order chi connectivity index (χ1) is 32.3. The molecule has 67 heavy (non-hydrogen) atoms. The molecule has 0 bridgehead atoms. The number of carbonyl (C=O) groups excluding carboxylic acids is 3. The molecule has 2 unspecified atom stereocenters. The van der Waals surface area contributed by atoms with Crippen molar-refractivity contribution in [2.45, 2.75) is 205 Å². The average Bonchev–Trinajstić information content (AvgIpc) is 3.87. The highest BCUT2D eigenvalue weighted by molar-refractivity contribution is 5.83. The average molecular weight is 933 g/mol. The molecule has 12 heteroatoms. The van der Waals surface area contributed by atoms with Gasteiger partial charge in [-0.15, -0.1) is 0 Å². The molecule has 0 spiro atoms. The summed E-state index contributed by atoms with van der Waals surface area (Å²) in [6.45, 7) is 13.4. The van der Waals surface area contributed by atoms with Crippen molar-refractivity contribution < 1.29 is 38.1 Å². The summed E-state index contributed by atoms with van der Waals surface area (Å²) in [7, 11) is 4.98. The Hall–Kier alpha value is -3.39. The first kappa shape index (κ1) is 54.5. The Morgan fingerprint density at radius 2 is 1.51 bits per heavy atom. The Kier molecular flexibility index (Phi) is 22.6. The van der Waals surface area contributed by atoms with Gasteiger partial charge in [-0.2, -0.15) is 0 Å². The molecule has 0 aromatic heterocycles. The van der Waals surface area contributed by atoms with Gasteiger partial charge < -0.3 is 44.5 Å². The number of methoxy groups -OCH3 is 2. The van der Waals surface area contributed by atoms with Crippen LogP contribution in [0.5, 0.6) is 0 Å². The SMILES string of the molecule is CC[C@H](C)[C@@H]([C@@H](CC(=O)N1CCC[C@H]1[C@H](OC)[C@@H](C)C(=O)N[C@H](C)[C@@H](OC1CCCC(COCc2ccc(C3CCCCCCCC3)cc2)O1)c1ccccc1)OC)N(C)C(=O)[C@@H](N)C(C)C. The highest BCUT2D eigenvalue weighted by Crippen LogP contribution is 2.33. The molecule has 3 fully saturated rings. The standard InChI is InChI=1S/C55H88N4O8/c1-10-38(4)51(58(7)55(62)50(56)37(2)3)47(63-8)34-48(60)59-33-21-27-46(59)52(64-9)39(5)54(61)57-40(6)53(44-24-18-15-19-25-44)67-49-28-20-26-45(66-49)36-65-35-41-29-31-43(32-30-41)42-22-16-13-11-12-14-17-23-42/h15,18-19,24-25,29-32,37-40,42,45-47,49-53H,10-14,16-17,20-23,26-28,33-36,56H2,1-9H3,(H,57,61)/t38-,39+,40+,45?,46-,47+,49?,50-,51-,52+,53+/m0/s1. The number of carbonyl (C=O) groups is 3. The molecule has 3 aliphatic rings. The largest absolute Gasteiger partial charge is 0.379 e. The monoisotopic (exact) mass is 933 g/mol. The second-order valence-electron chi connectivity index (χ2n) is 20.4. The van der Waals surface area contributed by atoms with E-state index in [4.69, 9.17) is 29.4 Å². The highest BCUT2D eigenvalue weighted by atomic mass is 16.7. The molecule has 11 atom stereocenters. The molecule has 2 aromatic rings. The van der Waals surface area contributed by atoms with E-state index < -0.39 is 42.6 Å². The van der Waals surface area contributed by atoms with E-state index in [0.717, 1.165) is 37.7 Å². The Labute approximate surface area is 404 Å². The van der Waals surface area contributed by atoms with Crippen LogP contribution >= 0.6 is 0 Å². The van der Waals surface area contributed by atoms with Crippen molar-refractivity contribution in [1.29, 1.82) is 0 Å². The van der Waals surface area contributed by atoms with Gasteiger partial charge in [-0.25, -0.2) is 0 Å². The number of hydrogen-bond acceptors (Lipinski definition) is 9. The van der Waals surface area contributed by atoms with Crippen LogP contribution in [0.25, 0.3) is 0 Å². The summed E-state index contributed by atoms with van der Waals surface area (Å²) in [5.41, 5.74) is 9.90. The fraction of sp³-hybridized carbons (Fsp3) is 0.727. The smallest absolute Gasteiger partial charge is 0.239 e. The first-order valence-corrected chi connectivity index (χ1v) is 26.0. The molecule has 376 valence electrons. The topological polar surface area (TPSA) is 142 Å². The summed E-state index contributed by atoms with van der Waals surface area (Å²) in [4.78, 5) is 45.5. The molecule has 1 aliphatic carbocycles. The van der Waals surface area contributed by atoms with Gasteiger partial charge in [-0.1, -0.05) is 134 Å². The molecule has 3 N–H and O–H groups in total. The minimum Gasteiger partial charge on any atom is -0.379 e. The van der Waals surface area contributed by atoms with Gasteiger partial charge >= 0.3 is 0 Å². The lowest BCUT2D eigenvalue weighted by molar-refractivity contribution is -0.229. The van der Waals surface area contributed by atoms with Crippen molar-refractivity contribution in [3.63, 3.8) is 0 Å². The maximum absolute atomic E-state index is 14.3.